The molecule has 1 saturated heterocycles. The lowest BCUT2D eigenvalue weighted by molar-refractivity contribution is 0.00779. The van der Waals surface area contributed by atoms with E-state index in [-0.39, 0.29) is 30.9 Å². The number of fused-ring (bicyclic) bond motifs is 1. The van der Waals surface area contributed by atoms with Crippen LogP contribution >= 0.6 is 0 Å². The van der Waals surface area contributed by atoms with Crippen molar-refractivity contribution in [3.05, 3.63) is 18.0 Å². The molecular weight excluding hydrogens is 392 g/mol. The fourth-order valence-electron chi connectivity index (χ4n) is 4.67. The predicted molar refractivity (Wildman–Crippen MR) is 109 cm³/mol. The largest absolute Gasteiger partial charge is 0.377 e. The van der Waals surface area contributed by atoms with Crippen LogP contribution < -0.4 is 15.5 Å². The van der Waals surface area contributed by atoms with E-state index in [0.717, 1.165) is 22.6 Å². The normalized spacial score (nSPS) is 25.6. The van der Waals surface area contributed by atoms with E-state index in [2.05, 4.69) is 21.8 Å². The Morgan fingerprint density at radius 1 is 1.17 bits per heavy atom. The molecule has 2 fully saturated rings. The fraction of sp³-hybridized carbons (Fsp3) is 0.600. The molecule has 8 nitrogen and oxygen atoms in total. The SMILES string of the molecule is C[C@H]1COCCN1c1nc(-c2cnc(N)nc2)c2c(n1)N([C@@H]1CCC(F)(F)C1)CC2. The molecule has 0 unspecified atom stereocenters. The van der Waals surface area contributed by atoms with Crippen LogP contribution in [0.25, 0.3) is 11.3 Å². The van der Waals surface area contributed by atoms with E-state index in [4.69, 9.17) is 20.4 Å². The van der Waals surface area contributed by atoms with Gasteiger partial charge in [-0.25, -0.2) is 23.7 Å². The molecular formula is C20H25F2N7O. The zero-order valence-corrected chi connectivity index (χ0v) is 16.9. The summed E-state index contributed by atoms with van der Waals surface area (Å²) < 4.78 is 33.4. The Balaban J connectivity index is 1.59. The van der Waals surface area contributed by atoms with E-state index in [1.807, 2.05) is 4.90 Å². The summed E-state index contributed by atoms with van der Waals surface area (Å²) in [7, 11) is 0. The number of rotatable bonds is 3. The van der Waals surface area contributed by atoms with E-state index in [9.17, 15) is 8.78 Å². The molecule has 0 amide bonds. The summed E-state index contributed by atoms with van der Waals surface area (Å²) in [6.45, 7) is 4.61. The number of nitrogens with two attached hydrogens (primary N) is 1. The Morgan fingerprint density at radius 2 is 1.97 bits per heavy atom. The van der Waals surface area contributed by atoms with Crippen LogP contribution in [0.1, 0.15) is 31.7 Å². The Kier molecular flexibility index (Phi) is 4.68. The van der Waals surface area contributed by atoms with Crippen LogP contribution in [0, 0.1) is 0 Å². The van der Waals surface area contributed by atoms with Crippen LogP contribution in [0.5, 0.6) is 0 Å². The number of hydrogen-bond donors (Lipinski definition) is 1. The second-order valence-corrected chi connectivity index (χ2v) is 8.32. The number of nitrogen functional groups attached to an aromatic ring is 1. The monoisotopic (exact) mass is 417 g/mol. The third-order valence-electron chi connectivity index (χ3n) is 6.24. The topological polar surface area (TPSA) is 93.3 Å². The number of nitrogens with zero attached hydrogens (tertiary/aromatic N) is 6. The first-order chi connectivity index (χ1) is 14.4. The molecule has 4 heterocycles. The lowest BCUT2D eigenvalue weighted by Crippen LogP contribution is -2.45. The van der Waals surface area contributed by atoms with Crippen molar-refractivity contribution >= 4 is 17.7 Å². The fourth-order valence-corrected chi connectivity index (χ4v) is 4.67. The first-order valence-electron chi connectivity index (χ1n) is 10.4. The molecule has 5 rings (SSSR count). The third-order valence-corrected chi connectivity index (χ3v) is 6.24. The summed E-state index contributed by atoms with van der Waals surface area (Å²) in [5.74, 6) is -1.06. The van der Waals surface area contributed by atoms with Gasteiger partial charge in [0.05, 0.1) is 24.9 Å². The quantitative estimate of drug-likeness (QED) is 0.813. The van der Waals surface area contributed by atoms with Gasteiger partial charge < -0.3 is 20.3 Å². The van der Waals surface area contributed by atoms with Crippen molar-refractivity contribution in [3.8, 4) is 11.3 Å². The van der Waals surface area contributed by atoms with Crippen LogP contribution in [0.4, 0.5) is 26.5 Å². The van der Waals surface area contributed by atoms with Crippen molar-refractivity contribution in [2.24, 2.45) is 0 Å². The molecule has 2 aromatic heterocycles. The summed E-state index contributed by atoms with van der Waals surface area (Å²) in [6.07, 6.45) is 4.30. The maximum absolute atomic E-state index is 13.9. The van der Waals surface area contributed by atoms with Gasteiger partial charge in [-0.3, -0.25) is 0 Å². The number of morpholine rings is 1. The predicted octanol–water partition coefficient (Wildman–Crippen LogP) is 2.29. The van der Waals surface area contributed by atoms with Crippen LogP contribution in [0.15, 0.2) is 12.4 Å². The standard InChI is InChI=1S/C20H25F2N7O/c1-12-11-30-7-6-28(12)19-26-16(13-9-24-18(23)25-10-13)15-3-5-29(17(15)27-19)14-2-4-20(21,22)8-14/h9-10,12,14H,2-8,11H2,1H3,(H2,23,24,25)/t12-,14+/m0/s1. The van der Waals surface area contributed by atoms with Crippen LogP contribution in [0.3, 0.4) is 0 Å². The van der Waals surface area contributed by atoms with Gasteiger partial charge in [-0.15, -0.1) is 0 Å². The van der Waals surface area contributed by atoms with E-state index in [0.29, 0.717) is 45.1 Å². The summed E-state index contributed by atoms with van der Waals surface area (Å²) in [5, 5.41) is 0. The average Bonchev–Trinajstić information content (AvgIpc) is 3.31. The van der Waals surface area contributed by atoms with Crippen molar-refractivity contribution in [2.75, 3.05) is 41.8 Å². The van der Waals surface area contributed by atoms with Crippen LogP contribution in [0.2, 0.25) is 0 Å². The van der Waals surface area contributed by atoms with E-state index in [1.165, 1.54) is 0 Å². The lowest BCUT2D eigenvalue weighted by atomic mass is 10.1. The number of ether oxygens (including phenoxy) is 1. The minimum atomic E-state index is -2.60. The van der Waals surface area contributed by atoms with Crippen molar-refractivity contribution in [2.45, 2.75) is 50.6 Å². The Labute approximate surface area is 173 Å². The van der Waals surface area contributed by atoms with Crippen molar-refractivity contribution < 1.29 is 13.5 Å². The molecule has 10 heteroatoms. The van der Waals surface area contributed by atoms with Gasteiger partial charge in [0.15, 0.2) is 0 Å². The molecule has 2 N–H and O–H groups in total. The number of alkyl halides is 2. The highest BCUT2D eigenvalue weighted by molar-refractivity contribution is 5.72. The Hall–Kier alpha value is -2.62. The number of hydrogen-bond acceptors (Lipinski definition) is 8. The molecule has 2 aromatic rings. The van der Waals surface area contributed by atoms with E-state index >= 15 is 0 Å². The summed E-state index contributed by atoms with van der Waals surface area (Å²) in [4.78, 5) is 22.1. The molecule has 30 heavy (non-hydrogen) atoms. The summed E-state index contributed by atoms with van der Waals surface area (Å²) >= 11 is 0. The van der Waals surface area contributed by atoms with E-state index in [1.54, 1.807) is 12.4 Å². The van der Waals surface area contributed by atoms with Gasteiger partial charge >= 0.3 is 0 Å². The zero-order valence-electron chi connectivity index (χ0n) is 16.9. The van der Waals surface area contributed by atoms with Gasteiger partial charge in [0.2, 0.25) is 17.8 Å². The summed E-state index contributed by atoms with van der Waals surface area (Å²) in [5.41, 5.74) is 8.12. The molecule has 1 saturated carbocycles. The smallest absolute Gasteiger partial charge is 0.250 e. The minimum Gasteiger partial charge on any atom is -0.377 e. The van der Waals surface area contributed by atoms with Gasteiger partial charge in [-0.2, -0.15) is 4.98 Å². The van der Waals surface area contributed by atoms with Gasteiger partial charge in [0.1, 0.15) is 5.82 Å². The second-order valence-electron chi connectivity index (χ2n) is 8.32. The second kappa shape index (κ2) is 7.26. The van der Waals surface area contributed by atoms with Gasteiger partial charge in [-0.1, -0.05) is 0 Å². The van der Waals surface area contributed by atoms with E-state index < -0.39 is 5.92 Å². The number of aromatic nitrogens is 4. The highest BCUT2D eigenvalue weighted by atomic mass is 19.3. The van der Waals surface area contributed by atoms with Crippen molar-refractivity contribution in [3.63, 3.8) is 0 Å². The molecule has 2 aliphatic heterocycles. The maximum atomic E-state index is 13.9. The number of anilines is 3. The number of halogens is 2. The molecule has 3 aliphatic rings. The molecule has 0 radical (unpaired) electrons. The zero-order chi connectivity index (χ0) is 20.9. The van der Waals surface area contributed by atoms with Gasteiger partial charge in [-0.05, 0) is 19.8 Å². The summed E-state index contributed by atoms with van der Waals surface area (Å²) in [6, 6.07) is -0.0837. The van der Waals surface area contributed by atoms with Crippen molar-refractivity contribution in [1.29, 1.82) is 0 Å². The lowest BCUT2D eigenvalue weighted by Gasteiger charge is -2.34. The van der Waals surface area contributed by atoms with Gasteiger partial charge in [0.25, 0.3) is 0 Å². The highest BCUT2D eigenvalue weighted by Crippen LogP contribution is 2.43. The van der Waals surface area contributed by atoms with Gasteiger partial charge in [0, 0.05) is 55.5 Å². The highest BCUT2D eigenvalue weighted by Gasteiger charge is 2.44. The Morgan fingerprint density at radius 3 is 2.67 bits per heavy atom. The molecule has 0 spiro atoms. The third kappa shape index (κ3) is 3.42. The maximum Gasteiger partial charge on any atom is 0.250 e. The van der Waals surface area contributed by atoms with Crippen molar-refractivity contribution in [1.82, 2.24) is 19.9 Å². The Bertz CT molecular complexity index is 939. The molecule has 1 aliphatic carbocycles. The van der Waals surface area contributed by atoms with Crippen LogP contribution in [-0.4, -0.2) is 64.2 Å². The first-order valence-corrected chi connectivity index (χ1v) is 10.4. The molecule has 0 bridgehead atoms. The first kappa shape index (κ1) is 19.3. The molecule has 160 valence electrons. The average molecular weight is 417 g/mol. The van der Waals surface area contributed by atoms with Crippen LogP contribution in [-0.2, 0) is 11.2 Å². The molecule has 2 atom stereocenters. The molecule has 0 aromatic carbocycles. The minimum absolute atomic E-state index is 0.0689.